The normalized spacial score (nSPS) is 12.6. The number of hydrogen-bond donors (Lipinski definition) is 1. The van der Waals surface area contributed by atoms with Crippen LogP contribution in [0.5, 0.6) is 11.5 Å². The van der Waals surface area contributed by atoms with Crippen molar-refractivity contribution in [1.82, 2.24) is 0 Å². The van der Waals surface area contributed by atoms with Gasteiger partial charge < -0.3 is 15.2 Å². The van der Waals surface area contributed by atoms with Gasteiger partial charge in [-0.1, -0.05) is 0 Å². The van der Waals surface area contributed by atoms with Crippen LogP contribution in [0.4, 0.5) is 32.0 Å². The predicted octanol–water partition coefficient (Wildman–Crippen LogP) is 3.15. The highest BCUT2D eigenvalue weighted by atomic mass is 19.4. The molecule has 2 N–H and O–H groups in total. The maximum atomic E-state index is 12.3. The van der Waals surface area contributed by atoms with Gasteiger partial charge in [-0.25, -0.2) is 0 Å². The predicted molar refractivity (Wildman–Crippen MR) is 53.9 cm³/mol. The number of nitrogen functional groups attached to an aromatic ring is 1. The van der Waals surface area contributed by atoms with E-state index in [2.05, 4.69) is 9.47 Å². The minimum Gasteiger partial charge on any atom is -0.497 e. The molecule has 108 valence electrons. The second-order valence-corrected chi connectivity index (χ2v) is 3.52. The van der Waals surface area contributed by atoms with E-state index in [-0.39, 0.29) is 11.4 Å². The number of ether oxygens (including phenoxy) is 2. The topological polar surface area (TPSA) is 44.5 Å². The number of rotatable bonds is 3. The Hall–Kier alpha value is -1.80. The molecule has 0 unspecified atom stereocenters. The summed E-state index contributed by atoms with van der Waals surface area (Å²) in [5.41, 5.74) is 5.22. The van der Waals surface area contributed by atoms with E-state index in [0.29, 0.717) is 0 Å². The van der Waals surface area contributed by atoms with Crippen LogP contribution in [0.15, 0.2) is 18.2 Å². The molecule has 19 heavy (non-hydrogen) atoms. The molecule has 0 saturated heterocycles. The molecule has 0 aliphatic heterocycles. The number of halogens is 6. The van der Waals surface area contributed by atoms with Crippen LogP contribution in [0.25, 0.3) is 0 Å². The zero-order valence-corrected chi connectivity index (χ0v) is 9.47. The van der Waals surface area contributed by atoms with Crippen molar-refractivity contribution in [2.75, 3.05) is 12.8 Å². The molecular formula is C10H9F6NO2. The molecule has 0 bridgehead atoms. The van der Waals surface area contributed by atoms with Crippen molar-refractivity contribution in [2.45, 2.75) is 18.5 Å². The molecule has 3 nitrogen and oxygen atoms in total. The summed E-state index contributed by atoms with van der Waals surface area (Å²) in [4.78, 5) is 0. The van der Waals surface area contributed by atoms with Gasteiger partial charge in [-0.05, 0) is 0 Å². The van der Waals surface area contributed by atoms with E-state index in [1.54, 1.807) is 0 Å². The average molecular weight is 289 g/mol. The van der Waals surface area contributed by atoms with E-state index < -0.39 is 24.2 Å². The Labute approximate surface area is 103 Å². The first kappa shape index (κ1) is 15.3. The molecule has 0 spiro atoms. The Morgan fingerprint density at radius 2 is 1.42 bits per heavy atom. The third-order valence-electron chi connectivity index (χ3n) is 1.99. The Morgan fingerprint density at radius 1 is 0.947 bits per heavy atom. The summed E-state index contributed by atoms with van der Waals surface area (Å²) >= 11 is 0. The fourth-order valence-corrected chi connectivity index (χ4v) is 1.23. The van der Waals surface area contributed by atoms with Crippen molar-refractivity contribution in [3.05, 3.63) is 18.2 Å². The third kappa shape index (κ3) is 4.11. The molecule has 0 saturated carbocycles. The highest BCUT2D eigenvalue weighted by molar-refractivity contribution is 5.50. The maximum absolute atomic E-state index is 12.3. The van der Waals surface area contributed by atoms with Crippen LogP contribution in [-0.4, -0.2) is 25.6 Å². The highest BCUT2D eigenvalue weighted by Gasteiger charge is 2.59. The molecule has 1 aromatic carbocycles. The first-order valence-electron chi connectivity index (χ1n) is 4.78. The van der Waals surface area contributed by atoms with Gasteiger partial charge >= 0.3 is 12.4 Å². The van der Waals surface area contributed by atoms with Crippen LogP contribution in [0.2, 0.25) is 0 Å². The molecule has 9 heteroatoms. The van der Waals surface area contributed by atoms with Gasteiger partial charge in [0.05, 0.1) is 7.11 Å². The Kier molecular flexibility index (Phi) is 4.06. The molecule has 0 atom stereocenters. The van der Waals surface area contributed by atoms with Crippen molar-refractivity contribution in [1.29, 1.82) is 0 Å². The van der Waals surface area contributed by atoms with E-state index in [9.17, 15) is 26.3 Å². The lowest BCUT2D eigenvalue weighted by Gasteiger charge is -2.24. The molecule has 0 aromatic heterocycles. The van der Waals surface area contributed by atoms with Gasteiger partial charge in [-0.3, -0.25) is 0 Å². The molecule has 0 aliphatic rings. The summed E-state index contributed by atoms with van der Waals surface area (Å²) in [5.74, 6) is -0.699. The van der Waals surface area contributed by atoms with Crippen LogP contribution in [0.3, 0.4) is 0 Å². The van der Waals surface area contributed by atoms with Crippen molar-refractivity contribution >= 4 is 5.69 Å². The number of anilines is 1. The number of nitrogens with two attached hydrogens (primary N) is 1. The van der Waals surface area contributed by atoms with Crippen LogP contribution in [0.1, 0.15) is 0 Å². The van der Waals surface area contributed by atoms with Gasteiger partial charge in [0.1, 0.15) is 11.5 Å². The molecule has 0 fully saturated rings. The Bertz CT molecular complexity index is 429. The quantitative estimate of drug-likeness (QED) is 0.686. The highest BCUT2D eigenvalue weighted by Crippen LogP contribution is 2.37. The smallest absolute Gasteiger partial charge is 0.434 e. The number of hydrogen-bond acceptors (Lipinski definition) is 3. The summed E-state index contributed by atoms with van der Waals surface area (Å²) in [7, 11) is 1.18. The second-order valence-electron chi connectivity index (χ2n) is 3.52. The van der Waals surface area contributed by atoms with E-state index in [1.165, 1.54) is 13.2 Å². The zero-order chi connectivity index (χ0) is 14.8. The summed E-state index contributed by atoms with van der Waals surface area (Å²) in [6.45, 7) is 0. The lowest BCUT2D eigenvalue weighted by Crippen LogP contribution is -2.46. The van der Waals surface area contributed by atoms with Gasteiger partial charge in [0.15, 0.2) is 0 Å². The van der Waals surface area contributed by atoms with Gasteiger partial charge in [-0.2, -0.15) is 26.3 Å². The standard InChI is InChI=1S/C10H9F6NO2/c1-18-6-2-5(17)3-7(4-6)19-8(9(11,12)13)10(14,15)16/h2-4,8H,17H2,1H3. The molecule has 0 amide bonds. The SMILES string of the molecule is COc1cc(N)cc(OC(C(F)(F)F)C(F)(F)F)c1. The van der Waals surface area contributed by atoms with Crippen molar-refractivity contribution < 1.29 is 35.8 Å². The first-order chi connectivity index (χ1) is 8.54. The average Bonchev–Trinajstić information content (AvgIpc) is 2.22. The summed E-state index contributed by atoms with van der Waals surface area (Å²) in [6, 6.07) is 2.94. The third-order valence-corrected chi connectivity index (χ3v) is 1.99. The van der Waals surface area contributed by atoms with Gasteiger partial charge in [0.25, 0.3) is 6.10 Å². The fourth-order valence-electron chi connectivity index (χ4n) is 1.23. The second kappa shape index (κ2) is 5.06. The minimum absolute atomic E-state index is 0.0156. The van der Waals surface area contributed by atoms with Gasteiger partial charge in [0, 0.05) is 23.9 Å². The lowest BCUT2D eigenvalue weighted by molar-refractivity contribution is -0.299. The molecule has 1 aromatic rings. The number of methoxy groups -OCH3 is 1. The van der Waals surface area contributed by atoms with E-state index >= 15 is 0 Å². The van der Waals surface area contributed by atoms with Crippen LogP contribution < -0.4 is 15.2 Å². The molecule has 1 rings (SSSR count). The Balaban J connectivity index is 3.07. The van der Waals surface area contributed by atoms with Crippen LogP contribution in [0, 0.1) is 0 Å². The summed E-state index contributed by atoms with van der Waals surface area (Å²) in [5, 5.41) is 0. The van der Waals surface area contributed by atoms with Crippen LogP contribution >= 0.6 is 0 Å². The van der Waals surface area contributed by atoms with Gasteiger partial charge in [0.2, 0.25) is 0 Å². The van der Waals surface area contributed by atoms with E-state index in [0.717, 1.165) is 12.1 Å². The van der Waals surface area contributed by atoms with Crippen molar-refractivity contribution in [3.8, 4) is 11.5 Å². The summed E-state index contributed by atoms with van der Waals surface area (Å²) in [6.07, 6.45) is -15.1. The fraction of sp³-hybridized carbons (Fsp3) is 0.400. The Morgan fingerprint density at radius 3 is 1.84 bits per heavy atom. The zero-order valence-electron chi connectivity index (χ0n) is 9.47. The van der Waals surface area contributed by atoms with Crippen molar-refractivity contribution in [3.63, 3.8) is 0 Å². The number of alkyl halides is 6. The minimum atomic E-state index is -5.59. The van der Waals surface area contributed by atoms with Crippen molar-refractivity contribution in [2.24, 2.45) is 0 Å². The molecular weight excluding hydrogens is 280 g/mol. The number of benzene rings is 1. The molecule has 0 radical (unpaired) electrons. The van der Waals surface area contributed by atoms with Crippen LogP contribution in [-0.2, 0) is 0 Å². The largest absolute Gasteiger partial charge is 0.497 e. The monoisotopic (exact) mass is 289 g/mol. The summed E-state index contributed by atoms with van der Waals surface area (Å²) < 4.78 is 82.3. The van der Waals surface area contributed by atoms with E-state index in [1.807, 2.05) is 0 Å². The lowest BCUT2D eigenvalue weighted by atomic mass is 10.2. The maximum Gasteiger partial charge on any atom is 0.434 e. The first-order valence-corrected chi connectivity index (χ1v) is 4.78. The molecule has 0 heterocycles. The van der Waals surface area contributed by atoms with Gasteiger partial charge in [-0.15, -0.1) is 0 Å². The molecule has 0 aliphatic carbocycles. The van der Waals surface area contributed by atoms with E-state index in [4.69, 9.17) is 5.73 Å².